The Morgan fingerprint density at radius 2 is 2.19 bits per heavy atom. The maximum atomic E-state index is 12.6. The van der Waals surface area contributed by atoms with Gasteiger partial charge < -0.3 is 5.32 Å². The fourth-order valence-electron chi connectivity index (χ4n) is 3.56. The van der Waals surface area contributed by atoms with Gasteiger partial charge in [0.2, 0.25) is 0 Å². The Bertz CT molecular complexity index is 255. The molecule has 0 amide bonds. The molecular formula is C14H25NO. The standard InChI is InChI=1S/C14H25NO/c1-3-14(8-5-9-15-14)13(16)12-7-4-6-11(2)10-12/h11-12,15H,3-10H2,1-2H3. The summed E-state index contributed by atoms with van der Waals surface area (Å²) in [4.78, 5) is 12.6. The first kappa shape index (κ1) is 12.1. The number of ketones is 1. The van der Waals surface area contributed by atoms with E-state index in [0.717, 1.165) is 38.1 Å². The van der Waals surface area contributed by atoms with E-state index in [4.69, 9.17) is 0 Å². The first-order valence-corrected chi connectivity index (χ1v) is 6.97. The Balaban J connectivity index is 2.04. The summed E-state index contributed by atoms with van der Waals surface area (Å²) < 4.78 is 0. The Morgan fingerprint density at radius 3 is 2.75 bits per heavy atom. The number of hydrogen-bond donors (Lipinski definition) is 1. The molecule has 16 heavy (non-hydrogen) atoms. The second kappa shape index (κ2) is 4.87. The summed E-state index contributed by atoms with van der Waals surface area (Å²) in [6.45, 7) is 5.48. The van der Waals surface area contributed by atoms with Gasteiger partial charge in [0.25, 0.3) is 0 Å². The molecule has 2 heteroatoms. The van der Waals surface area contributed by atoms with Crippen LogP contribution in [-0.4, -0.2) is 17.9 Å². The summed E-state index contributed by atoms with van der Waals surface area (Å²) >= 11 is 0. The van der Waals surface area contributed by atoms with Crippen LogP contribution >= 0.6 is 0 Å². The van der Waals surface area contributed by atoms with Crippen molar-refractivity contribution in [1.29, 1.82) is 0 Å². The molecule has 0 aromatic heterocycles. The van der Waals surface area contributed by atoms with Gasteiger partial charge in [-0.3, -0.25) is 4.79 Å². The van der Waals surface area contributed by atoms with Crippen molar-refractivity contribution in [3.05, 3.63) is 0 Å². The molecule has 1 saturated heterocycles. The molecule has 1 saturated carbocycles. The minimum Gasteiger partial charge on any atom is -0.305 e. The van der Waals surface area contributed by atoms with E-state index < -0.39 is 0 Å². The van der Waals surface area contributed by atoms with E-state index in [0.29, 0.717) is 11.7 Å². The molecule has 3 atom stereocenters. The molecule has 3 unspecified atom stereocenters. The molecule has 1 N–H and O–H groups in total. The molecule has 0 aromatic carbocycles. The number of Topliss-reactive ketones (excluding diaryl/α,β-unsaturated/α-hetero) is 1. The summed E-state index contributed by atoms with van der Waals surface area (Å²) in [6.07, 6.45) is 8.02. The highest BCUT2D eigenvalue weighted by Gasteiger charge is 2.42. The number of hydrogen-bond acceptors (Lipinski definition) is 2. The summed E-state index contributed by atoms with van der Waals surface area (Å²) in [5, 5.41) is 3.48. The minimum atomic E-state index is -0.151. The molecule has 1 aliphatic heterocycles. The summed E-state index contributed by atoms with van der Waals surface area (Å²) in [5.41, 5.74) is -0.151. The van der Waals surface area contributed by atoms with Crippen LogP contribution in [-0.2, 0) is 4.79 Å². The van der Waals surface area contributed by atoms with E-state index in [1.165, 1.54) is 19.3 Å². The Morgan fingerprint density at radius 1 is 1.38 bits per heavy atom. The van der Waals surface area contributed by atoms with Crippen LogP contribution < -0.4 is 5.32 Å². The molecule has 92 valence electrons. The Hall–Kier alpha value is -0.370. The van der Waals surface area contributed by atoms with Crippen LogP contribution in [0.4, 0.5) is 0 Å². The van der Waals surface area contributed by atoms with Crippen molar-refractivity contribution < 1.29 is 4.79 Å². The minimum absolute atomic E-state index is 0.151. The van der Waals surface area contributed by atoms with Gasteiger partial charge in [-0.25, -0.2) is 0 Å². The van der Waals surface area contributed by atoms with Gasteiger partial charge in [-0.15, -0.1) is 0 Å². The van der Waals surface area contributed by atoms with Crippen molar-refractivity contribution in [2.24, 2.45) is 11.8 Å². The highest BCUT2D eigenvalue weighted by atomic mass is 16.1. The molecule has 0 spiro atoms. The molecule has 1 heterocycles. The highest BCUT2D eigenvalue weighted by molar-refractivity contribution is 5.90. The van der Waals surface area contributed by atoms with Gasteiger partial charge in [-0.1, -0.05) is 26.7 Å². The van der Waals surface area contributed by atoms with Crippen LogP contribution in [0.5, 0.6) is 0 Å². The van der Waals surface area contributed by atoms with Gasteiger partial charge in [-0.05, 0) is 44.6 Å². The van der Waals surface area contributed by atoms with Crippen LogP contribution in [0, 0.1) is 11.8 Å². The molecule has 0 aromatic rings. The van der Waals surface area contributed by atoms with Crippen molar-refractivity contribution in [2.75, 3.05) is 6.54 Å². The summed E-state index contributed by atoms with van der Waals surface area (Å²) in [7, 11) is 0. The van der Waals surface area contributed by atoms with E-state index >= 15 is 0 Å². The number of carbonyl (C=O) groups is 1. The molecular weight excluding hydrogens is 198 g/mol. The van der Waals surface area contributed by atoms with Crippen molar-refractivity contribution >= 4 is 5.78 Å². The predicted molar refractivity (Wildman–Crippen MR) is 66.4 cm³/mol. The van der Waals surface area contributed by atoms with Crippen molar-refractivity contribution in [3.8, 4) is 0 Å². The predicted octanol–water partition coefficient (Wildman–Crippen LogP) is 2.91. The van der Waals surface area contributed by atoms with Crippen LogP contribution in [0.1, 0.15) is 58.8 Å². The zero-order chi connectivity index (χ0) is 11.6. The third-order valence-corrected chi connectivity index (χ3v) is 4.63. The van der Waals surface area contributed by atoms with E-state index in [1.807, 2.05) is 0 Å². The van der Waals surface area contributed by atoms with E-state index in [9.17, 15) is 4.79 Å². The SMILES string of the molecule is CCC1(C(=O)C2CCCC(C)C2)CCCN1. The molecule has 0 radical (unpaired) electrons. The van der Waals surface area contributed by atoms with Crippen LogP contribution in [0.3, 0.4) is 0 Å². The number of rotatable bonds is 3. The van der Waals surface area contributed by atoms with Crippen LogP contribution in [0.15, 0.2) is 0 Å². The maximum absolute atomic E-state index is 12.6. The summed E-state index contributed by atoms with van der Waals surface area (Å²) in [5.74, 6) is 1.62. The second-order valence-corrected chi connectivity index (χ2v) is 5.80. The second-order valence-electron chi connectivity index (χ2n) is 5.80. The van der Waals surface area contributed by atoms with Crippen LogP contribution in [0.25, 0.3) is 0 Å². The Labute approximate surface area is 99.2 Å². The van der Waals surface area contributed by atoms with Crippen molar-refractivity contribution in [1.82, 2.24) is 5.32 Å². The zero-order valence-electron chi connectivity index (χ0n) is 10.7. The van der Waals surface area contributed by atoms with E-state index in [1.54, 1.807) is 0 Å². The topological polar surface area (TPSA) is 29.1 Å². The van der Waals surface area contributed by atoms with Gasteiger partial charge in [0.15, 0.2) is 5.78 Å². The van der Waals surface area contributed by atoms with Gasteiger partial charge in [0, 0.05) is 5.92 Å². The lowest BCUT2D eigenvalue weighted by molar-refractivity contribution is -0.130. The average molecular weight is 223 g/mol. The third kappa shape index (κ3) is 2.17. The molecule has 2 nitrogen and oxygen atoms in total. The lowest BCUT2D eigenvalue weighted by Gasteiger charge is -2.34. The van der Waals surface area contributed by atoms with Gasteiger partial charge in [-0.2, -0.15) is 0 Å². The number of nitrogens with one attached hydrogen (secondary N) is 1. The zero-order valence-corrected chi connectivity index (χ0v) is 10.7. The van der Waals surface area contributed by atoms with Crippen molar-refractivity contribution in [2.45, 2.75) is 64.3 Å². The van der Waals surface area contributed by atoms with E-state index in [2.05, 4.69) is 19.2 Å². The van der Waals surface area contributed by atoms with Crippen LogP contribution in [0.2, 0.25) is 0 Å². The monoisotopic (exact) mass is 223 g/mol. The smallest absolute Gasteiger partial charge is 0.155 e. The van der Waals surface area contributed by atoms with E-state index in [-0.39, 0.29) is 5.54 Å². The normalized spacial score (nSPS) is 39.9. The largest absolute Gasteiger partial charge is 0.305 e. The maximum Gasteiger partial charge on any atom is 0.155 e. The number of carbonyl (C=O) groups excluding carboxylic acids is 1. The molecule has 2 rings (SSSR count). The molecule has 0 bridgehead atoms. The Kier molecular flexibility index (Phi) is 3.68. The lowest BCUT2D eigenvalue weighted by Crippen LogP contribution is -2.50. The average Bonchev–Trinajstić information content (AvgIpc) is 2.78. The van der Waals surface area contributed by atoms with Gasteiger partial charge in [0.1, 0.15) is 0 Å². The van der Waals surface area contributed by atoms with Gasteiger partial charge >= 0.3 is 0 Å². The fraction of sp³-hybridized carbons (Fsp3) is 0.929. The third-order valence-electron chi connectivity index (χ3n) is 4.63. The lowest BCUT2D eigenvalue weighted by atomic mass is 9.73. The fourth-order valence-corrected chi connectivity index (χ4v) is 3.56. The first-order chi connectivity index (χ1) is 7.68. The quantitative estimate of drug-likeness (QED) is 0.797. The molecule has 1 aliphatic carbocycles. The molecule has 2 aliphatic rings. The molecule has 2 fully saturated rings. The summed E-state index contributed by atoms with van der Waals surface area (Å²) in [6, 6.07) is 0. The van der Waals surface area contributed by atoms with Crippen molar-refractivity contribution in [3.63, 3.8) is 0 Å². The highest BCUT2D eigenvalue weighted by Crippen LogP contribution is 2.35. The van der Waals surface area contributed by atoms with Gasteiger partial charge in [0.05, 0.1) is 5.54 Å². The first-order valence-electron chi connectivity index (χ1n) is 6.97.